The van der Waals surface area contributed by atoms with Crippen molar-refractivity contribution in [2.75, 3.05) is 0 Å². The fourth-order valence-corrected chi connectivity index (χ4v) is 4.30. The summed E-state index contributed by atoms with van der Waals surface area (Å²) in [5.41, 5.74) is 12.5. The van der Waals surface area contributed by atoms with Gasteiger partial charge in [0, 0.05) is 11.8 Å². The lowest BCUT2D eigenvalue weighted by Gasteiger charge is -1.97. The summed E-state index contributed by atoms with van der Waals surface area (Å²) in [6.07, 6.45) is 3.22. The van der Waals surface area contributed by atoms with Gasteiger partial charge >= 0.3 is 0 Å². The number of fused-ring (bicyclic) bond motifs is 1. The largest absolute Gasteiger partial charge is 0.369 e. The Balaban J connectivity index is 0.00000192. The number of imidazole rings is 1. The molecule has 0 saturated carbocycles. The fourth-order valence-electron chi connectivity index (χ4n) is 1.81. The van der Waals surface area contributed by atoms with Gasteiger partial charge in [-0.15, -0.1) is 28.8 Å². The standard InChI is InChI=1S/C11H7Cl3N6S2.ClH/c12-6-1-4(9(14)21-6)8-5(2-17-19-10(15)16)20-3-7(13)22-11(20)18-8;/h1-3H,(H4,15,16,19);1H/b17-2+;. The lowest BCUT2D eigenvalue weighted by atomic mass is 10.2. The molecule has 0 spiro atoms. The molecular weight excluding hydrogens is 422 g/mol. The van der Waals surface area contributed by atoms with E-state index < -0.39 is 0 Å². The summed E-state index contributed by atoms with van der Waals surface area (Å²) in [4.78, 5) is 5.23. The number of hydrogen-bond acceptors (Lipinski definition) is 5. The van der Waals surface area contributed by atoms with Crippen LogP contribution in [-0.2, 0) is 0 Å². The molecule has 3 aromatic heterocycles. The van der Waals surface area contributed by atoms with Crippen LogP contribution >= 0.6 is 69.9 Å². The first-order chi connectivity index (χ1) is 10.5. The van der Waals surface area contributed by atoms with Crippen LogP contribution in [0.15, 0.2) is 22.5 Å². The molecule has 6 nitrogen and oxygen atoms in total. The quantitative estimate of drug-likeness (QED) is 0.372. The first-order valence-electron chi connectivity index (χ1n) is 5.70. The Morgan fingerprint density at radius 3 is 2.57 bits per heavy atom. The van der Waals surface area contributed by atoms with Crippen LogP contribution in [0.1, 0.15) is 5.69 Å². The normalized spacial score (nSPS) is 11.1. The molecule has 0 aliphatic heterocycles. The van der Waals surface area contributed by atoms with E-state index in [9.17, 15) is 0 Å². The molecule has 12 heteroatoms. The Labute approximate surface area is 159 Å². The van der Waals surface area contributed by atoms with E-state index in [-0.39, 0.29) is 18.4 Å². The summed E-state index contributed by atoms with van der Waals surface area (Å²) in [6, 6.07) is 1.75. The molecule has 0 aliphatic carbocycles. The minimum absolute atomic E-state index is 0. The molecule has 3 rings (SSSR count). The number of hydrogen-bond donors (Lipinski definition) is 2. The zero-order valence-electron chi connectivity index (χ0n) is 11.0. The lowest BCUT2D eigenvalue weighted by Crippen LogP contribution is -2.21. The van der Waals surface area contributed by atoms with Gasteiger partial charge in [0.2, 0.25) is 5.96 Å². The second-order valence-electron chi connectivity index (χ2n) is 4.04. The van der Waals surface area contributed by atoms with Crippen molar-refractivity contribution in [3.63, 3.8) is 0 Å². The smallest absolute Gasteiger partial charge is 0.211 e. The van der Waals surface area contributed by atoms with E-state index in [1.165, 1.54) is 28.9 Å². The molecule has 0 atom stereocenters. The summed E-state index contributed by atoms with van der Waals surface area (Å²) < 4.78 is 3.50. The third-order valence-corrected chi connectivity index (χ3v) is 5.19. The van der Waals surface area contributed by atoms with Crippen LogP contribution in [-0.4, -0.2) is 21.6 Å². The van der Waals surface area contributed by atoms with Crippen LogP contribution < -0.4 is 11.5 Å². The molecule has 23 heavy (non-hydrogen) atoms. The number of rotatable bonds is 3. The monoisotopic (exact) mass is 428 g/mol. The van der Waals surface area contributed by atoms with E-state index in [1.807, 2.05) is 0 Å². The van der Waals surface area contributed by atoms with Gasteiger partial charge < -0.3 is 11.5 Å². The first-order valence-corrected chi connectivity index (χ1v) is 8.47. The molecule has 0 amide bonds. The highest BCUT2D eigenvalue weighted by Gasteiger charge is 2.19. The Morgan fingerprint density at radius 2 is 1.96 bits per heavy atom. The summed E-state index contributed by atoms with van der Waals surface area (Å²) in [6.45, 7) is 0. The SMILES string of the molecule is Cl.NC(N)=N/N=C/c1c(-c2cc(Cl)sc2Cl)nc2sc(Cl)cn12. The van der Waals surface area contributed by atoms with Crippen molar-refractivity contribution in [2.45, 2.75) is 0 Å². The van der Waals surface area contributed by atoms with Gasteiger partial charge in [0.25, 0.3) is 0 Å². The lowest BCUT2D eigenvalue weighted by molar-refractivity contribution is 1.18. The molecule has 122 valence electrons. The van der Waals surface area contributed by atoms with Crippen LogP contribution in [0, 0.1) is 0 Å². The van der Waals surface area contributed by atoms with Crippen molar-refractivity contribution in [1.29, 1.82) is 0 Å². The van der Waals surface area contributed by atoms with E-state index >= 15 is 0 Å². The fraction of sp³-hybridized carbons (Fsp3) is 0. The molecular formula is C11H8Cl4N6S2. The molecule has 0 radical (unpaired) electrons. The van der Waals surface area contributed by atoms with E-state index in [0.717, 1.165) is 5.56 Å². The van der Waals surface area contributed by atoms with Crippen molar-refractivity contribution < 1.29 is 0 Å². The molecule has 0 fully saturated rings. The first kappa shape index (κ1) is 18.3. The van der Waals surface area contributed by atoms with Gasteiger partial charge in [0.05, 0.1) is 16.2 Å². The predicted molar refractivity (Wildman–Crippen MR) is 102 cm³/mol. The second kappa shape index (κ2) is 7.25. The minimum atomic E-state index is -0.140. The zero-order chi connectivity index (χ0) is 15.9. The average molecular weight is 430 g/mol. The number of nitrogens with zero attached hydrogens (tertiary/aromatic N) is 4. The van der Waals surface area contributed by atoms with E-state index in [4.69, 9.17) is 46.3 Å². The minimum Gasteiger partial charge on any atom is -0.369 e. The van der Waals surface area contributed by atoms with Crippen LogP contribution in [0.2, 0.25) is 13.0 Å². The number of aromatic nitrogens is 2. The molecule has 4 N–H and O–H groups in total. The summed E-state index contributed by atoms with van der Waals surface area (Å²) in [7, 11) is 0. The average Bonchev–Trinajstić information content (AvgIpc) is 3.03. The summed E-state index contributed by atoms with van der Waals surface area (Å²) >= 11 is 20.8. The number of halogens is 4. The number of guanidine groups is 1. The van der Waals surface area contributed by atoms with Crippen LogP contribution in [0.3, 0.4) is 0 Å². The van der Waals surface area contributed by atoms with E-state index in [2.05, 4.69) is 15.2 Å². The van der Waals surface area contributed by atoms with E-state index in [0.29, 0.717) is 29.4 Å². The zero-order valence-corrected chi connectivity index (χ0v) is 15.8. The molecule has 0 bridgehead atoms. The Kier molecular flexibility index (Phi) is 5.77. The molecule has 0 aliphatic rings. The van der Waals surface area contributed by atoms with Gasteiger partial charge in [0.15, 0.2) is 4.96 Å². The third-order valence-electron chi connectivity index (χ3n) is 2.60. The molecule has 0 aromatic carbocycles. The molecule has 0 unspecified atom stereocenters. The van der Waals surface area contributed by atoms with Crippen LogP contribution in [0.25, 0.3) is 16.2 Å². The Hall–Kier alpha value is -1.03. The van der Waals surface area contributed by atoms with Crippen molar-refractivity contribution in [2.24, 2.45) is 21.7 Å². The number of nitrogens with two attached hydrogens (primary N) is 2. The maximum atomic E-state index is 6.21. The maximum Gasteiger partial charge on any atom is 0.211 e. The summed E-state index contributed by atoms with van der Waals surface area (Å²) in [5, 5.41) is 7.43. The van der Waals surface area contributed by atoms with Gasteiger partial charge in [0.1, 0.15) is 14.4 Å². The Morgan fingerprint density at radius 1 is 1.22 bits per heavy atom. The Bertz CT molecular complexity index is 905. The van der Waals surface area contributed by atoms with Gasteiger partial charge in [-0.1, -0.05) is 46.1 Å². The van der Waals surface area contributed by atoms with Crippen molar-refractivity contribution in [3.8, 4) is 11.3 Å². The predicted octanol–water partition coefficient (Wildman–Crippen LogP) is 4.11. The van der Waals surface area contributed by atoms with Crippen LogP contribution in [0.5, 0.6) is 0 Å². The van der Waals surface area contributed by atoms with Gasteiger partial charge in [-0.2, -0.15) is 5.10 Å². The number of thiophene rings is 1. The maximum absolute atomic E-state index is 6.21. The molecule has 3 aromatic rings. The second-order valence-corrected chi connectivity index (χ2v) is 7.97. The van der Waals surface area contributed by atoms with Crippen LogP contribution in [0.4, 0.5) is 0 Å². The van der Waals surface area contributed by atoms with Crippen molar-refractivity contribution >= 4 is 87.0 Å². The highest BCUT2D eigenvalue weighted by Crippen LogP contribution is 2.40. The van der Waals surface area contributed by atoms with Crippen molar-refractivity contribution in [1.82, 2.24) is 9.38 Å². The van der Waals surface area contributed by atoms with Gasteiger partial charge in [-0.25, -0.2) is 4.98 Å². The molecule has 0 saturated heterocycles. The highest BCUT2D eigenvalue weighted by atomic mass is 35.5. The molecule has 3 heterocycles. The number of thiazole rings is 1. The van der Waals surface area contributed by atoms with E-state index in [1.54, 1.807) is 16.7 Å². The highest BCUT2D eigenvalue weighted by molar-refractivity contribution is 7.21. The topological polar surface area (TPSA) is 94.1 Å². The van der Waals surface area contributed by atoms with Gasteiger partial charge in [-0.05, 0) is 6.07 Å². The third kappa shape index (κ3) is 3.73. The van der Waals surface area contributed by atoms with Crippen molar-refractivity contribution in [3.05, 3.63) is 31.0 Å². The van der Waals surface area contributed by atoms with Gasteiger partial charge in [-0.3, -0.25) is 4.40 Å². The summed E-state index contributed by atoms with van der Waals surface area (Å²) in [5.74, 6) is -0.140.